The maximum absolute atomic E-state index is 11.4. The number of esters is 1. The van der Waals surface area contributed by atoms with Crippen molar-refractivity contribution in [2.24, 2.45) is 5.92 Å². The van der Waals surface area contributed by atoms with Gasteiger partial charge in [-0.3, -0.25) is 4.79 Å². The quantitative estimate of drug-likeness (QED) is 0.496. The third-order valence-electron chi connectivity index (χ3n) is 2.32. The molecule has 3 heteroatoms. The van der Waals surface area contributed by atoms with Gasteiger partial charge in [0.2, 0.25) is 0 Å². The summed E-state index contributed by atoms with van der Waals surface area (Å²) in [5, 5.41) is 8.53. The lowest BCUT2D eigenvalue weighted by atomic mass is 9.94. The number of benzene rings is 1. The third-order valence-corrected chi connectivity index (χ3v) is 2.32. The molecule has 1 aliphatic rings. The molecule has 0 bridgehead atoms. The SMILES string of the molecule is N#CCC1Cc2ccccc2OC1=O. The number of hydrogen-bond acceptors (Lipinski definition) is 3. The molecule has 0 amide bonds. The van der Waals surface area contributed by atoms with Crippen LogP contribution < -0.4 is 4.74 Å². The number of carbonyl (C=O) groups is 1. The molecule has 0 N–H and O–H groups in total. The van der Waals surface area contributed by atoms with Crippen molar-refractivity contribution in [3.8, 4) is 11.8 Å². The predicted molar refractivity (Wildman–Crippen MR) is 49.5 cm³/mol. The molecule has 14 heavy (non-hydrogen) atoms. The van der Waals surface area contributed by atoms with Crippen LogP contribution in [0, 0.1) is 17.2 Å². The first-order valence-electron chi connectivity index (χ1n) is 4.48. The van der Waals surface area contributed by atoms with E-state index in [0.29, 0.717) is 12.2 Å². The molecule has 0 fully saturated rings. The lowest BCUT2D eigenvalue weighted by molar-refractivity contribution is -0.139. The van der Waals surface area contributed by atoms with Gasteiger partial charge < -0.3 is 4.74 Å². The Bertz CT molecular complexity index is 406. The average Bonchev–Trinajstić information content (AvgIpc) is 2.19. The number of hydrogen-bond donors (Lipinski definition) is 0. The van der Waals surface area contributed by atoms with E-state index >= 15 is 0 Å². The van der Waals surface area contributed by atoms with Crippen LogP contribution in [0.1, 0.15) is 12.0 Å². The average molecular weight is 187 g/mol. The van der Waals surface area contributed by atoms with E-state index in [-0.39, 0.29) is 18.3 Å². The van der Waals surface area contributed by atoms with Crippen LogP contribution in [0.4, 0.5) is 0 Å². The first kappa shape index (κ1) is 8.76. The van der Waals surface area contributed by atoms with Crippen molar-refractivity contribution < 1.29 is 9.53 Å². The van der Waals surface area contributed by atoms with E-state index in [1.165, 1.54) is 0 Å². The van der Waals surface area contributed by atoms with Crippen LogP contribution in [0.15, 0.2) is 24.3 Å². The van der Waals surface area contributed by atoms with E-state index < -0.39 is 0 Å². The van der Waals surface area contributed by atoms with Gasteiger partial charge in [0.15, 0.2) is 0 Å². The summed E-state index contributed by atoms with van der Waals surface area (Å²) in [5.41, 5.74) is 1.01. The van der Waals surface area contributed by atoms with Crippen LogP contribution in [0.3, 0.4) is 0 Å². The zero-order valence-corrected chi connectivity index (χ0v) is 7.56. The Morgan fingerprint density at radius 2 is 2.29 bits per heavy atom. The van der Waals surface area contributed by atoms with Gasteiger partial charge in [-0.15, -0.1) is 0 Å². The Hall–Kier alpha value is -1.82. The highest BCUT2D eigenvalue weighted by Gasteiger charge is 2.27. The fourth-order valence-corrected chi connectivity index (χ4v) is 1.58. The van der Waals surface area contributed by atoms with E-state index in [0.717, 1.165) is 5.56 Å². The van der Waals surface area contributed by atoms with Gasteiger partial charge in [-0.25, -0.2) is 0 Å². The van der Waals surface area contributed by atoms with Gasteiger partial charge in [0.05, 0.1) is 12.0 Å². The summed E-state index contributed by atoms with van der Waals surface area (Å²) >= 11 is 0. The normalized spacial score (nSPS) is 19.4. The second-order valence-electron chi connectivity index (χ2n) is 3.29. The van der Waals surface area contributed by atoms with Crippen LogP contribution in [-0.2, 0) is 11.2 Å². The number of para-hydroxylation sites is 1. The Kier molecular flexibility index (Phi) is 2.19. The third kappa shape index (κ3) is 1.47. The van der Waals surface area contributed by atoms with E-state index in [9.17, 15) is 4.79 Å². The predicted octanol–water partition coefficient (Wildman–Crippen LogP) is 1.68. The lowest BCUT2D eigenvalue weighted by Gasteiger charge is -2.21. The minimum atomic E-state index is -0.296. The Balaban J connectivity index is 2.28. The standard InChI is InChI=1S/C11H9NO2/c12-6-5-9-7-8-3-1-2-4-10(8)14-11(9)13/h1-4,9H,5,7H2. The van der Waals surface area contributed by atoms with Crippen molar-refractivity contribution >= 4 is 5.97 Å². The molecule has 1 heterocycles. The summed E-state index contributed by atoms with van der Waals surface area (Å²) in [5.74, 6) is 0.0480. The lowest BCUT2D eigenvalue weighted by Crippen LogP contribution is -2.27. The number of nitriles is 1. The fourth-order valence-electron chi connectivity index (χ4n) is 1.58. The summed E-state index contributed by atoms with van der Waals surface area (Å²) in [6.07, 6.45) is 0.843. The van der Waals surface area contributed by atoms with Gasteiger partial charge in [-0.2, -0.15) is 5.26 Å². The molecule has 0 aromatic heterocycles. The minimum Gasteiger partial charge on any atom is -0.426 e. The van der Waals surface area contributed by atoms with E-state index in [1.807, 2.05) is 24.3 Å². The van der Waals surface area contributed by atoms with Gasteiger partial charge in [-0.05, 0) is 18.1 Å². The maximum Gasteiger partial charge on any atom is 0.315 e. The van der Waals surface area contributed by atoms with Gasteiger partial charge in [0.25, 0.3) is 0 Å². The topological polar surface area (TPSA) is 50.1 Å². The summed E-state index contributed by atoms with van der Waals surface area (Å²) in [6, 6.07) is 9.43. The highest BCUT2D eigenvalue weighted by Crippen LogP contribution is 2.28. The van der Waals surface area contributed by atoms with Crippen molar-refractivity contribution in [1.82, 2.24) is 0 Å². The molecule has 0 saturated heterocycles. The van der Waals surface area contributed by atoms with Crippen LogP contribution in [0.25, 0.3) is 0 Å². The number of carbonyl (C=O) groups excluding carboxylic acids is 1. The van der Waals surface area contributed by atoms with Crippen molar-refractivity contribution in [2.75, 3.05) is 0 Å². The highest BCUT2D eigenvalue weighted by molar-refractivity contribution is 5.78. The van der Waals surface area contributed by atoms with Gasteiger partial charge in [0, 0.05) is 6.42 Å². The first-order chi connectivity index (χ1) is 6.81. The molecular formula is C11H9NO2. The molecule has 0 saturated carbocycles. The van der Waals surface area contributed by atoms with Gasteiger partial charge >= 0.3 is 5.97 Å². The molecule has 70 valence electrons. The molecule has 1 aromatic rings. The molecule has 2 rings (SSSR count). The van der Waals surface area contributed by atoms with Gasteiger partial charge in [-0.1, -0.05) is 18.2 Å². The maximum atomic E-state index is 11.4. The smallest absolute Gasteiger partial charge is 0.315 e. The summed E-state index contributed by atoms with van der Waals surface area (Å²) in [7, 11) is 0. The second kappa shape index (κ2) is 3.51. The number of fused-ring (bicyclic) bond motifs is 1. The van der Waals surface area contributed by atoms with E-state index in [2.05, 4.69) is 0 Å². The fraction of sp³-hybridized carbons (Fsp3) is 0.273. The zero-order chi connectivity index (χ0) is 9.97. The number of nitrogens with zero attached hydrogens (tertiary/aromatic N) is 1. The summed E-state index contributed by atoms with van der Waals surface area (Å²) in [4.78, 5) is 11.4. The molecule has 0 aliphatic carbocycles. The molecule has 0 spiro atoms. The van der Waals surface area contributed by atoms with Crippen molar-refractivity contribution in [2.45, 2.75) is 12.8 Å². The van der Waals surface area contributed by atoms with Crippen LogP contribution in [-0.4, -0.2) is 5.97 Å². The van der Waals surface area contributed by atoms with E-state index in [1.54, 1.807) is 6.07 Å². The Morgan fingerprint density at radius 1 is 1.50 bits per heavy atom. The van der Waals surface area contributed by atoms with Crippen molar-refractivity contribution in [3.05, 3.63) is 29.8 Å². The van der Waals surface area contributed by atoms with Gasteiger partial charge in [0.1, 0.15) is 5.75 Å². The minimum absolute atomic E-state index is 0.229. The summed E-state index contributed by atoms with van der Waals surface area (Å²) in [6.45, 7) is 0. The number of rotatable bonds is 1. The molecule has 1 atom stereocenters. The monoisotopic (exact) mass is 187 g/mol. The second-order valence-corrected chi connectivity index (χ2v) is 3.29. The molecule has 1 aliphatic heterocycles. The molecule has 3 nitrogen and oxygen atoms in total. The zero-order valence-electron chi connectivity index (χ0n) is 7.56. The molecule has 1 aromatic carbocycles. The molecular weight excluding hydrogens is 178 g/mol. The largest absolute Gasteiger partial charge is 0.426 e. The van der Waals surface area contributed by atoms with Crippen LogP contribution in [0.2, 0.25) is 0 Å². The van der Waals surface area contributed by atoms with Crippen molar-refractivity contribution in [1.29, 1.82) is 5.26 Å². The Morgan fingerprint density at radius 3 is 3.07 bits per heavy atom. The van der Waals surface area contributed by atoms with E-state index in [4.69, 9.17) is 10.00 Å². The van der Waals surface area contributed by atoms with Crippen molar-refractivity contribution in [3.63, 3.8) is 0 Å². The molecule has 0 radical (unpaired) electrons. The van der Waals surface area contributed by atoms with Crippen LogP contribution in [0.5, 0.6) is 5.75 Å². The highest BCUT2D eigenvalue weighted by atomic mass is 16.5. The molecule has 1 unspecified atom stereocenters. The summed E-state index contributed by atoms with van der Waals surface area (Å²) < 4.78 is 5.11. The Labute approximate surface area is 81.9 Å². The first-order valence-corrected chi connectivity index (χ1v) is 4.48. The van der Waals surface area contributed by atoms with Crippen LogP contribution >= 0.6 is 0 Å². The number of ether oxygens (including phenoxy) is 1.